The topological polar surface area (TPSA) is 42.4 Å². The maximum absolute atomic E-state index is 9.30. The Balaban J connectivity index is 2.81. The van der Waals surface area contributed by atoms with Crippen molar-refractivity contribution in [2.75, 3.05) is 7.11 Å². The van der Waals surface area contributed by atoms with Crippen molar-refractivity contribution in [1.29, 1.82) is 0 Å². The molecular weight excluding hydrogens is 178 g/mol. The lowest BCUT2D eigenvalue weighted by Crippen LogP contribution is -1.89. The number of methoxy groups -OCH3 is 1. The van der Waals surface area contributed by atoms with Crippen molar-refractivity contribution in [3.63, 3.8) is 0 Å². The standard InChI is InChI=1S/C11H11NO2/c1-7-5-11(14-2)9-4-3-8(13)6-10(9)12-7/h3-6,13H,1-2H3. The van der Waals surface area contributed by atoms with Crippen LogP contribution in [-0.4, -0.2) is 17.2 Å². The molecule has 2 rings (SSSR count). The lowest BCUT2D eigenvalue weighted by atomic mass is 10.2. The minimum Gasteiger partial charge on any atom is -0.508 e. The van der Waals surface area contributed by atoms with Crippen LogP contribution >= 0.6 is 0 Å². The molecule has 0 atom stereocenters. The summed E-state index contributed by atoms with van der Waals surface area (Å²) in [5.74, 6) is 1.00. The molecule has 0 bridgehead atoms. The van der Waals surface area contributed by atoms with Gasteiger partial charge in [-0.15, -0.1) is 0 Å². The summed E-state index contributed by atoms with van der Waals surface area (Å²) in [6, 6.07) is 6.93. The Morgan fingerprint density at radius 2 is 2.07 bits per heavy atom. The highest BCUT2D eigenvalue weighted by atomic mass is 16.5. The molecule has 0 spiro atoms. The average molecular weight is 189 g/mol. The van der Waals surface area contributed by atoms with Crippen LogP contribution < -0.4 is 4.74 Å². The van der Waals surface area contributed by atoms with Gasteiger partial charge in [0.05, 0.1) is 12.6 Å². The van der Waals surface area contributed by atoms with E-state index in [-0.39, 0.29) is 5.75 Å². The van der Waals surface area contributed by atoms with Crippen LogP contribution in [-0.2, 0) is 0 Å². The summed E-state index contributed by atoms with van der Waals surface area (Å²) in [4.78, 5) is 4.31. The first-order valence-electron chi connectivity index (χ1n) is 4.35. The van der Waals surface area contributed by atoms with Crippen molar-refractivity contribution in [3.8, 4) is 11.5 Å². The number of pyridine rings is 1. The van der Waals surface area contributed by atoms with Gasteiger partial charge in [-0.3, -0.25) is 4.98 Å². The summed E-state index contributed by atoms with van der Waals surface area (Å²) < 4.78 is 5.23. The van der Waals surface area contributed by atoms with E-state index < -0.39 is 0 Å². The Bertz CT molecular complexity index is 475. The van der Waals surface area contributed by atoms with Gasteiger partial charge < -0.3 is 9.84 Å². The van der Waals surface area contributed by atoms with Crippen molar-refractivity contribution in [1.82, 2.24) is 4.98 Å². The van der Waals surface area contributed by atoms with Crippen LogP contribution in [0.3, 0.4) is 0 Å². The number of hydrogen-bond acceptors (Lipinski definition) is 3. The number of hydrogen-bond donors (Lipinski definition) is 1. The molecule has 0 aliphatic carbocycles. The SMILES string of the molecule is COc1cc(C)nc2cc(O)ccc12. The van der Waals surface area contributed by atoms with Crippen LogP contribution in [0.25, 0.3) is 10.9 Å². The van der Waals surface area contributed by atoms with E-state index in [9.17, 15) is 5.11 Å². The van der Waals surface area contributed by atoms with Crippen LogP contribution in [0.15, 0.2) is 24.3 Å². The van der Waals surface area contributed by atoms with Gasteiger partial charge in [0.2, 0.25) is 0 Å². The smallest absolute Gasteiger partial charge is 0.130 e. The number of phenolic OH excluding ortho intramolecular Hbond substituents is 1. The average Bonchev–Trinajstić information content (AvgIpc) is 2.15. The van der Waals surface area contributed by atoms with Crippen molar-refractivity contribution in [2.24, 2.45) is 0 Å². The van der Waals surface area contributed by atoms with Crippen molar-refractivity contribution in [2.45, 2.75) is 6.92 Å². The zero-order valence-corrected chi connectivity index (χ0v) is 8.11. The molecule has 1 aromatic carbocycles. The lowest BCUT2D eigenvalue weighted by Gasteiger charge is -2.06. The third kappa shape index (κ3) is 1.37. The molecule has 1 heterocycles. The first kappa shape index (κ1) is 8.81. The number of phenols is 1. The number of aromatic hydroxyl groups is 1. The number of rotatable bonds is 1. The Kier molecular flexibility index (Phi) is 2.00. The minimum atomic E-state index is 0.220. The van der Waals surface area contributed by atoms with Gasteiger partial charge in [-0.2, -0.15) is 0 Å². The fourth-order valence-electron chi connectivity index (χ4n) is 1.48. The molecule has 0 radical (unpaired) electrons. The number of aromatic nitrogens is 1. The predicted octanol–water partition coefficient (Wildman–Crippen LogP) is 2.26. The number of fused-ring (bicyclic) bond motifs is 1. The first-order valence-corrected chi connectivity index (χ1v) is 4.35. The maximum atomic E-state index is 9.30. The molecule has 0 aliphatic rings. The molecule has 0 aliphatic heterocycles. The highest BCUT2D eigenvalue weighted by molar-refractivity contribution is 5.86. The molecule has 3 nitrogen and oxygen atoms in total. The largest absolute Gasteiger partial charge is 0.508 e. The van der Waals surface area contributed by atoms with Crippen LogP contribution in [0.2, 0.25) is 0 Å². The number of ether oxygens (including phenoxy) is 1. The van der Waals surface area contributed by atoms with Crippen molar-refractivity contribution in [3.05, 3.63) is 30.0 Å². The van der Waals surface area contributed by atoms with Crippen molar-refractivity contribution < 1.29 is 9.84 Å². The van der Waals surface area contributed by atoms with Gasteiger partial charge in [0.1, 0.15) is 11.5 Å². The summed E-state index contributed by atoms with van der Waals surface area (Å²) in [5.41, 5.74) is 1.63. The Hall–Kier alpha value is -1.77. The quantitative estimate of drug-likeness (QED) is 0.748. The normalized spacial score (nSPS) is 10.4. The molecule has 0 fully saturated rings. The molecule has 0 saturated heterocycles. The zero-order chi connectivity index (χ0) is 10.1. The third-order valence-electron chi connectivity index (χ3n) is 2.10. The second-order valence-corrected chi connectivity index (χ2v) is 3.17. The molecule has 3 heteroatoms. The van der Waals surface area contributed by atoms with Crippen LogP contribution in [0.1, 0.15) is 5.69 Å². The summed E-state index contributed by atoms with van der Waals surface area (Å²) in [7, 11) is 1.63. The van der Waals surface area contributed by atoms with Crippen LogP contribution in [0.5, 0.6) is 11.5 Å². The van der Waals surface area contributed by atoms with E-state index in [2.05, 4.69) is 4.98 Å². The highest BCUT2D eigenvalue weighted by Gasteiger charge is 2.04. The van der Waals surface area contributed by atoms with Gasteiger partial charge in [-0.1, -0.05) is 0 Å². The van der Waals surface area contributed by atoms with Gasteiger partial charge in [0.15, 0.2) is 0 Å². The number of benzene rings is 1. The number of aryl methyl sites for hydroxylation is 1. The zero-order valence-electron chi connectivity index (χ0n) is 8.11. The summed E-state index contributed by atoms with van der Waals surface area (Å²) in [6.45, 7) is 1.89. The Labute approximate surface area is 82.0 Å². The maximum Gasteiger partial charge on any atom is 0.130 e. The third-order valence-corrected chi connectivity index (χ3v) is 2.10. The second kappa shape index (κ2) is 3.18. The molecule has 1 N–H and O–H groups in total. The Morgan fingerprint density at radius 3 is 2.79 bits per heavy atom. The molecule has 0 amide bonds. The van der Waals surface area contributed by atoms with Gasteiger partial charge >= 0.3 is 0 Å². The van der Waals surface area contributed by atoms with E-state index in [1.165, 1.54) is 0 Å². The molecule has 0 saturated carbocycles. The molecule has 2 aromatic rings. The van der Waals surface area contributed by atoms with E-state index in [1.54, 1.807) is 25.3 Å². The molecule has 14 heavy (non-hydrogen) atoms. The molecule has 1 aromatic heterocycles. The van der Waals surface area contributed by atoms with E-state index in [0.29, 0.717) is 0 Å². The van der Waals surface area contributed by atoms with Gasteiger partial charge in [0.25, 0.3) is 0 Å². The van der Waals surface area contributed by atoms with Gasteiger partial charge in [0, 0.05) is 23.2 Å². The van der Waals surface area contributed by atoms with Crippen molar-refractivity contribution >= 4 is 10.9 Å². The van der Waals surface area contributed by atoms with Crippen LogP contribution in [0.4, 0.5) is 0 Å². The Morgan fingerprint density at radius 1 is 1.29 bits per heavy atom. The van der Waals surface area contributed by atoms with Gasteiger partial charge in [-0.05, 0) is 19.1 Å². The van der Waals surface area contributed by atoms with E-state index >= 15 is 0 Å². The van der Waals surface area contributed by atoms with E-state index in [1.807, 2.05) is 13.0 Å². The summed E-state index contributed by atoms with van der Waals surface area (Å²) >= 11 is 0. The monoisotopic (exact) mass is 189 g/mol. The summed E-state index contributed by atoms with van der Waals surface area (Å²) in [5, 5.41) is 10.2. The minimum absolute atomic E-state index is 0.220. The second-order valence-electron chi connectivity index (χ2n) is 3.17. The molecular formula is C11H11NO2. The molecule has 0 unspecified atom stereocenters. The fourth-order valence-corrected chi connectivity index (χ4v) is 1.48. The van der Waals surface area contributed by atoms with E-state index in [0.717, 1.165) is 22.3 Å². The lowest BCUT2D eigenvalue weighted by molar-refractivity contribution is 0.419. The first-order chi connectivity index (χ1) is 6.70. The van der Waals surface area contributed by atoms with Gasteiger partial charge in [-0.25, -0.2) is 0 Å². The predicted molar refractivity (Wildman–Crippen MR) is 54.7 cm³/mol. The number of nitrogens with zero attached hydrogens (tertiary/aromatic N) is 1. The highest BCUT2D eigenvalue weighted by Crippen LogP contribution is 2.27. The molecule has 72 valence electrons. The summed E-state index contributed by atoms with van der Waals surface area (Å²) in [6.07, 6.45) is 0. The fraction of sp³-hybridized carbons (Fsp3) is 0.182. The van der Waals surface area contributed by atoms with E-state index in [4.69, 9.17) is 4.74 Å². The van der Waals surface area contributed by atoms with Crippen LogP contribution in [0, 0.1) is 6.92 Å².